The quantitative estimate of drug-likeness (QED) is 0.864. The zero-order valence-corrected chi connectivity index (χ0v) is 11.0. The van der Waals surface area contributed by atoms with E-state index in [-0.39, 0.29) is 6.04 Å². The highest BCUT2D eigenvalue weighted by molar-refractivity contribution is 6.18. The van der Waals surface area contributed by atoms with Crippen molar-refractivity contribution in [3.05, 3.63) is 17.8 Å². The van der Waals surface area contributed by atoms with Crippen molar-refractivity contribution in [1.82, 2.24) is 10.2 Å². The maximum atomic E-state index is 12.4. The number of rotatable bonds is 3. The molecule has 2 rings (SSSR count). The van der Waals surface area contributed by atoms with Gasteiger partial charge in [0.05, 0.1) is 0 Å². The van der Waals surface area contributed by atoms with Crippen molar-refractivity contribution in [2.24, 2.45) is 5.92 Å². The van der Waals surface area contributed by atoms with E-state index in [4.69, 9.17) is 11.6 Å². The highest BCUT2D eigenvalue weighted by Gasteiger charge is 2.33. The molecule has 1 aliphatic carbocycles. The van der Waals surface area contributed by atoms with Crippen molar-refractivity contribution in [2.45, 2.75) is 37.9 Å². The molecule has 1 heterocycles. The Hall–Kier alpha value is -1.04. The Morgan fingerprint density at radius 3 is 2.53 bits per heavy atom. The summed E-state index contributed by atoms with van der Waals surface area (Å²) >= 11 is 5.90. The maximum Gasteiger partial charge on any atom is 0.435 e. The summed E-state index contributed by atoms with van der Waals surface area (Å²) in [6.45, 7) is 0. The second kappa shape index (κ2) is 5.94. The van der Waals surface area contributed by atoms with Gasteiger partial charge in [0.15, 0.2) is 5.69 Å². The molecule has 0 aromatic carbocycles. The van der Waals surface area contributed by atoms with Gasteiger partial charge in [0.25, 0.3) is 0 Å². The molecular weight excluding hydrogens is 279 g/mol. The van der Waals surface area contributed by atoms with Gasteiger partial charge in [-0.25, -0.2) is 0 Å². The van der Waals surface area contributed by atoms with Crippen molar-refractivity contribution in [2.75, 3.05) is 11.2 Å². The topological polar surface area (TPSA) is 37.8 Å². The van der Waals surface area contributed by atoms with E-state index < -0.39 is 11.9 Å². The van der Waals surface area contributed by atoms with Crippen LogP contribution >= 0.6 is 11.6 Å². The molecule has 1 saturated carbocycles. The fourth-order valence-electron chi connectivity index (χ4n) is 2.33. The lowest BCUT2D eigenvalue weighted by molar-refractivity contribution is -0.141. The molecule has 106 valence electrons. The Labute approximate surface area is 114 Å². The number of alkyl halides is 4. The van der Waals surface area contributed by atoms with Crippen molar-refractivity contribution in [1.29, 1.82) is 0 Å². The van der Waals surface area contributed by atoms with Gasteiger partial charge in [0.2, 0.25) is 0 Å². The van der Waals surface area contributed by atoms with E-state index in [1.165, 1.54) is 6.07 Å². The van der Waals surface area contributed by atoms with Crippen LogP contribution in [0.1, 0.15) is 31.4 Å². The summed E-state index contributed by atoms with van der Waals surface area (Å²) in [5, 5.41) is 9.91. The van der Waals surface area contributed by atoms with Crippen LogP contribution in [0.25, 0.3) is 0 Å². The standard InChI is InChI=1S/C12H15ClF3N3/c13-7-8-3-1-2-4-9(8)17-11-6-5-10(18-19-11)12(14,15)16/h5-6,8-9H,1-4,7H2,(H,17,19). The number of anilines is 1. The second-order valence-electron chi connectivity index (χ2n) is 4.75. The maximum absolute atomic E-state index is 12.4. The molecule has 2 atom stereocenters. The minimum atomic E-state index is -4.45. The minimum absolute atomic E-state index is 0.164. The van der Waals surface area contributed by atoms with Crippen LogP contribution < -0.4 is 5.32 Å². The summed E-state index contributed by atoms with van der Waals surface area (Å²) < 4.78 is 37.1. The third-order valence-electron chi connectivity index (χ3n) is 3.40. The van der Waals surface area contributed by atoms with E-state index in [1.54, 1.807) is 0 Å². The van der Waals surface area contributed by atoms with Gasteiger partial charge in [0, 0.05) is 11.9 Å². The molecule has 0 radical (unpaired) electrons. The van der Waals surface area contributed by atoms with Gasteiger partial charge in [-0.3, -0.25) is 0 Å². The van der Waals surface area contributed by atoms with Crippen LogP contribution in [0.15, 0.2) is 12.1 Å². The normalized spacial score (nSPS) is 24.2. The van der Waals surface area contributed by atoms with Crippen LogP contribution in [-0.2, 0) is 6.18 Å². The van der Waals surface area contributed by atoms with Gasteiger partial charge in [-0.15, -0.1) is 21.8 Å². The van der Waals surface area contributed by atoms with Crippen LogP contribution in [0.3, 0.4) is 0 Å². The van der Waals surface area contributed by atoms with Gasteiger partial charge in [-0.2, -0.15) is 13.2 Å². The van der Waals surface area contributed by atoms with Gasteiger partial charge in [-0.1, -0.05) is 12.8 Å². The van der Waals surface area contributed by atoms with Crippen molar-refractivity contribution in [3.63, 3.8) is 0 Å². The molecule has 1 fully saturated rings. The minimum Gasteiger partial charge on any atom is -0.366 e. The SMILES string of the molecule is FC(F)(F)c1ccc(NC2CCCCC2CCl)nn1. The smallest absolute Gasteiger partial charge is 0.366 e. The molecule has 1 aliphatic rings. The van der Waals surface area contributed by atoms with E-state index in [0.29, 0.717) is 17.6 Å². The largest absolute Gasteiger partial charge is 0.435 e. The van der Waals surface area contributed by atoms with E-state index >= 15 is 0 Å². The van der Waals surface area contributed by atoms with Gasteiger partial charge in [-0.05, 0) is 30.9 Å². The molecular formula is C12H15ClF3N3. The average molecular weight is 294 g/mol. The Morgan fingerprint density at radius 1 is 1.21 bits per heavy atom. The van der Waals surface area contributed by atoms with Crippen molar-refractivity contribution in [3.8, 4) is 0 Å². The predicted molar refractivity (Wildman–Crippen MR) is 67.1 cm³/mol. The summed E-state index contributed by atoms with van der Waals surface area (Å²) in [5.74, 6) is 1.25. The van der Waals surface area contributed by atoms with Gasteiger partial charge >= 0.3 is 6.18 Å². The first-order valence-electron chi connectivity index (χ1n) is 6.24. The molecule has 0 aliphatic heterocycles. The first-order valence-corrected chi connectivity index (χ1v) is 6.77. The molecule has 1 N–H and O–H groups in total. The lowest BCUT2D eigenvalue weighted by atomic mass is 9.86. The molecule has 3 nitrogen and oxygen atoms in total. The molecule has 7 heteroatoms. The Balaban J connectivity index is 2.02. The average Bonchev–Trinajstić information content (AvgIpc) is 2.39. The van der Waals surface area contributed by atoms with Crippen LogP contribution in [0, 0.1) is 5.92 Å². The van der Waals surface area contributed by atoms with Crippen molar-refractivity contribution >= 4 is 17.4 Å². The molecule has 1 aromatic heterocycles. The molecule has 1 aromatic rings. The number of aromatic nitrogens is 2. The predicted octanol–water partition coefficient (Wildman–Crippen LogP) is 3.70. The number of nitrogens with zero attached hydrogens (tertiary/aromatic N) is 2. The third kappa shape index (κ3) is 3.72. The summed E-state index contributed by atoms with van der Waals surface area (Å²) in [5.41, 5.74) is -0.976. The Morgan fingerprint density at radius 2 is 1.95 bits per heavy atom. The fraction of sp³-hybridized carbons (Fsp3) is 0.667. The number of hydrogen-bond acceptors (Lipinski definition) is 3. The first-order chi connectivity index (χ1) is 9.00. The monoisotopic (exact) mass is 293 g/mol. The summed E-state index contributed by atoms with van der Waals surface area (Å²) in [6, 6.07) is 2.42. The third-order valence-corrected chi connectivity index (χ3v) is 3.79. The van der Waals surface area contributed by atoms with Crippen molar-refractivity contribution < 1.29 is 13.2 Å². The van der Waals surface area contributed by atoms with Crippen LogP contribution in [0.2, 0.25) is 0 Å². The van der Waals surface area contributed by atoms with E-state index in [1.807, 2.05) is 0 Å². The lowest BCUT2D eigenvalue weighted by Crippen LogP contribution is -2.33. The fourth-order valence-corrected chi connectivity index (χ4v) is 2.70. The summed E-state index contributed by atoms with van der Waals surface area (Å²) in [6.07, 6.45) is -0.211. The molecule has 0 bridgehead atoms. The highest BCUT2D eigenvalue weighted by Crippen LogP contribution is 2.29. The highest BCUT2D eigenvalue weighted by atomic mass is 35.5. The molecule has 0 saturated heterocycles. The molecule has 19 heavy (non-hydrogen) atoms. The molecule has 2 unspecified atom stereocenters. The van der Waals surface area contributed by atoms with E-state index in [9.17, 15) is 13.2 Å². The van der Waals surface area contributed by atoms with Crippen LogP contribution in [-0.4, -0.2) is 22.1 Å². The Bertz CT molecular complexity index is 408. The van der Waals surface area contributed by atoms with E-state index in [0.717, 1.165) is 31.7 Å². The lowest BCUT2D eigenvalue weighted by Gasteiger charge is -2.31. The summed E-state index contributed by atoms with van der Waals surface area (Å²) in [7, 11) is 0. The molecule has 0 amide bonds. The number of nitrogens with one attached hydrogen (secondary N) is 1. The Kier molecular flexibility index (Phi) is 4.50. The van der Waals surface area contributed by atoms with Gasteiger partial charge in [0.1, 0.15) is 5.82 Å². The zero-order chi connectivity index (χ0) is 13.9. The van der Waals surface area contributed by atoms with Crippen LogP contribution in [0.4, 0.5) is 19.0 Å². The van der Waals surface area contributed by atoms with E-state index in [2.05, 4.69) is 15.5 Å². The van der Waals surface area contributed by atoms with Gasteiger partial charge < -0.3 is 5.32 Å². The first kappa shape index (κ1) is 14.4. The number of halogens is 4. The zero-order valence-electron chi connectivity index (χ0n) is 10.3. The summed E-state index contributed by atoms with van der Waals surface area (Å²) in [4.78, 5) is 0. The number of hydrogen-bond donors (Lipinski definition) is 1. The molecule has 0 spiro atoms. The second-order valence-corrected chi connectivity index (χ2v) is 5.06. The van der Waals surface area contributed by atoms with Crippen LogP contribution in [0.5, 0.6) is 0 Å².